The van der Waals surface area contributed by atoms with Crippen molar-refractivity contribution in [1.82, 2.24) is 4.98 Å². The second-order valence-electron chi connectivity index (χ2n) is 5.28. The van der Waals surface area contributed by atoms with Crippen molar-refractivity contribution in [2.45, 2.75) is 13.3 Å². The fraction of sp³-hybridized carbons (Fsp3) is 0.100. The smallest absolute Gasteiger partial charge is 0.261 e. The first-order valence-electron chi connectivity index (χ1n) is 7.84. The van der Waals surface area contributed by atoms with E-state index in [1.54, 1.807) is 18.3 Å². The minimum absolute atomic E-state index is 0.248. The van der Waals surface area contributed by atoms with Gasteiger partial charge in [0.2, 0.25) is 5.88 Å². The molecular formula is C20H18N2O2. The monoisotopic (exact) mass is 318 g/mol. The number of aryl methyl sites for hydroxylation is 1. The second-order valence-corrected chi connectivity index (χ2v) is 5.28. The molecule has 0 atom stereocenters. The normalized spacial score (nSPS) is 10.2. The summed E-state index contributed by atoms with van der Waals surface area (Å²) >= 11 is 0. The number of pyridine rings is 1. The minimum atomic E-state index is -0.248. The molecule has 0 fully saturated rings. The molecule has 0 saturated carbocycles. The predicted molar refractivity (Wildman–Crippen MR) is 94.5 cm³/mol. The van der Waals surface area contributed by atoms with E-state index in [0.717, 1.165) is 12.1 Å². The van der Waals surface area contributed by atoms with Crippen LogP contribution in [0.3, 0.4) is 0 Å². The van der Waals surface area contributed by atoms with E-state index in [9.17, 15) is 4.79 Å². The number of aromatic nitrogens is 1. The highest BCUT2D eigenvalue weighted by molar-refractivity contribution is 6.05. The van der Waals surface area contributed by atoms with Crippen LogP contribution < -0.4 is 10.1 Å². The van der Waals surface area contributed by atoms with E-state index in [4.69, 9.17) is 4.74 Å². The Morgan fingerprint density at radius 3 is 2.67 bits per heavy atom. The molecule has 3 aromatic rings. The average Bonchev–Trinajstić information content (AvgIpc) is 2.63. The van der Waals surface area contributed by atoms with Gasteiger partial charge in [0.25, 0.3) is 5.91 Å². The molecule has 1 N–H and O–H groups in total. The molecule has 1 aromatic heterocycles. The topological polar surface area (TPSA) is 51.2 Å². The molecule has 0 saturated heterocycles. The molecule has 24 heavy (non-hydrogen) atoms. The van der Waals surface area contributed by atoms with Crippen LogP contribution in [0.1, 0.15) is 22.8 Å². The van der Waals surface area contributed by atoms with Crippen molar-refractivity contribution in [1.29, 1.82) is 0 Å². The maximum absolute atomic E-state index is 12.6. The van der Waals surface area contributed by atoms with Crippen molar-refractivity contribution in [3.63, 3.8) is 0 Å². The summed E-state index contributed by atoms with van der Waals surface area (Å²) in [4.78, 5) is 16.8. The third kappa shape index (κ3) is 3.79. The van der Waals surface area contributed by atoms with Crippen molar-refractivity contribution in [2.24, 2.45) is 0 Å². The van der Waals surface area contributed by atoms with Crippen molar-refractivity contribution in [2.75, 3.05) is 5.32 Å². The number of nitrogens with zero attached hydrogens (tertiary/aromatic N) is 1. The fourth-order valence-corrected chi connectivity index (χ4v) is 2.31. The van der Waals surface area contributed by atoms with Crippen LogP contribution in [0.4, 0.5) is 5.69 Å². The number of anilines is 1. The number of hydrogen-bond acceptors (Lipinski definition) is 3. The van der Waals surface area contributed by atoms with Crippen molar-refractivity contribution < 1.29 is 9.53 Å². The van der Waals surface area contributed by atoms with E-state index in [2.05, 4.69) is 17.2 Å². The number of carbonyl (C=O) groups excluding carboxylic acids is 1. The standard InChI is InChI=1S/C20H18N2O2/c1-2-15-8-6-9-16(14-15)22-19(23)18-12-7-13-21-20(18)24-17-10-4-3-5-11-17/h3-14H,2H2,1H3,(H,22,23). The molecule has 3 rings (SSSR count). The van der Waals surface area contributed by atoms with Crippen LogP contribution in [0.25, 0.3) is 0 Å². The first kappa shape index (κ1) is 15.7. The summed E-state index contributed by atoms with van der Waals surface area (Å²) in [6.07, 6.45) is 2.52. The SMILES string of the molecule is CCc1cccc(NC(=O)c2cccnc2Oc2ccccc2)c1. The number of rotatable bonds is 5. The number of ether oxygens (including phenoxy) is 1. The zero-order valence-corrected chi connectivity index (χ0v) is 13.4. The number of carbonyl (C=O) groups is 1. The summed E-state index contributed by atoms with van der Waals surface area (Å²) < 4.78 is 5.74. The molecule has 4 heteroatoms. The lowest BCUT2D eigenvalue weighted by molar-refractivity contribution is 0.102. The molecule has 0 aliphatic carbocycles. The van der Waals surface area contributed by atoms with Crippen LogP contribution in [0.15, 0.2) is 72.9 Å². The van der Waals surface area contributed by atoms with Gasteiger partial charge in [0.1, 0.15) is 11.3 Å². The Kier molecular flexibility index (Phi) is 4.87. The van der Waals surface area contributed by atoms with E-state index in [-0.39, 0.29) is 11.8 Å². The van der Waals surface area contributed by atoms with Crippen LogP contribution in [-0.2, 0) is 6.42 Å². The number of nitrogens with one attached hydrogen (secondary N) is 1. The molecule has 4 nitrogen and oxygen atoms in total. The van der Waals surface area contributed by atoms with Gasteiger partial charge in [0.05, 0.1) is 0 Å². The number of hydrogen-bond donors (Lipinski definition) is 1. The van der Waals surface area contributed by atoms with Crippen LogP contribution in [0, 0.1) is 0 Å². The van der Waals surface area contributed by atoms with Crippen LogP contribution >= 0.6 is 0 Å². The van der Waals surface area contributed by atoms with Gasteiger partial charge in [-0.25, -0.2) is 4.98 Å². The Morgan fingerprint density at radius 1 is 1.04 bits per heavy atom. The zero-order valence-electron chi connectivity index (χ0n) is 13.4. The molecule has 0 aliphatic rings. The molecule has 2 aromatic carbocycles. The number of para-hydroxylation sites is 1. The third-order valence-electron chi connectivity index (χ3n) is 3.57. The maximum atomic E-state index is 12.6. The van der Waals surface area contributed by atoms with Crippen LogP contribution in [0.2, 0.25) is 0 Å². The third-order valence-corrected chi connectivity index (χ3v) is 3.57. The predicted octanol–water partition coefficient (Wildman–Crippen LogP) is 4.69. The van der Waals surface area contributed by atoms with Gasteiger partial charge in [0.15, 0.2) is 0 Å². The van der Waals surface area contributed by atoms with E-state index in [1.807, 2.05) is 54.6 Å². The largest absolute Gasteiger partial charge is 0.438 e. The first-order chi connectivity index (χ1) is 11.8. The van der Waals surface area contributed by atoms with Gasteiger partial charge < -0.3 is 10.1 Å². The van der Waals surface area contributed by atoms with E-state index in [1.165, 1.54) is 5.56 Å². The van der Waals surface area contributed by atoms with Gasteiger partial charge in [-0.15, -0.1) is 0 Å². The Labute approximate surface area is 141 Å². The Morgan fingerprint density at radius 2 is 1.88 bits per heavy atom. The number of benzene rings is 2. The summed E-state index contributed by atoms with van der Waals surface area (Å²) in [5.41, 5.74) is 2.32. The van der Waals surface area contributed by atoms with Crippen molar-refractivity contribution in [3.8, 4) is 11.6 Å². The van der Waals surface area contributed by atoms with E-state index < -0.39 is 0 Å². The number of amides is 1. The molecule has 0 spiro atoms. The van der Waals surface area contributed by atoms with Gasteiger partial charge in [0, 0.05) is 11.9 Å². The molecule has 0 radical (unpaired) electrons. The van der Waals surface area contributed by atoms with Crippen molar-refractivity contribution >= 4 is 11.6 Å². The molecule has 0 bridgehead atoms. The molecule has 0 unspecified atom stereocenters. The Bertz CT molecular complexity index is 832. The van der Waals surface area contributed by atoms with Gasteiger partial charge in [-0.2, -0.15) is 0 Å². The maximum Gasteiger partial charge on any atom is 0.261 e. The lowest BCUT2D eigenvalue weighted by Gasteiger charge is -2.11. The van der Waals surface area contributed by atoms with Gasteiger partial charge in [-0.3, -0.25) is 4.79 Å². The second kappa shape index (κ2) is 7.42. The highest BCUT2D eigenvalue weighted by Crippen LogP contribution is 2.23. The van der Waals surface area contributed by atoms with Gasteiger partial charge in [-0.05, 0) is 48.4 Å². The van der Waals surface area contributed by atoms with Crippen LogP contribution in [-0.4, -0.2) is 10.9 Å². The molecule has 120 valence electrons. The first-order valence-corrected chi connectivity index (χ1v) is 7.84. The highest BCUT2D eigenvalue weighted by Gasteiger charge is 2.14. The van der Waals surface area contributed by atoms with E-state index in [0.29, 0.717) is 11.3 Å². The molecular weight excluding hydrogens is 300 g/mol. The quantitative estimate of drug-likeness (QED) is 0.742. The van der Waals surface area contributed by atoms with Gasteiger partial charge >= 0.3 is 0 Å². The molecule has 1 amide bonds. The average molecular weight is 318 g/mol. The molecule has 0 aliphatic heterocycles. The summed E-state index contributed by atoms with van der Waals surface area (Å²) in [5, 5.41) is 2.90. The van der Waals surface area contributed by atoms with E-state index >= 15 is 0 Å². The van der Waals surface area contributed by atoms with Crippen LogP contribution in [0.5, 0.6) is 11.6 Å². The van der Waals surface area contributed by atoms with Gasteiger partial charge in [-0.1, -0.05) is 37.3 Å². The summed E-state index contributed by atoms with van der Waals surface area (Å²) in [6, 6.07) is 20.5. The lowest BCUT2D eigenvalue weighted by atomic mass is 10.1. The fourth-order valence-electron chi connectivity index (χ4n) is 2.31. The summed E-state index contributed by atoms with van der Waals surface area (Å²) in [7, 11) is 0. The highest BCUT2D eigenvalue weighted by atomic mass is 16.5. The minimum Gasteiger partial charge on any atom is -0.438 e. The van der Waals surface area contributed by atoms with Crippen molar-refractivity contribution in [3.05, 3.63) is 84.1 Å². The molecule has 1 heterocycles. The Hall–Kier alpha value is -3.14. The zero-order chi connectivity index (χ0) is 16.8. The summed E-state index contributed by atoms with van der Waals surface area (Å²) in [6.45, 7) is 2.08. The summed E-state index contributed by atoms with van der Waals surface area (Å²) in [5.74, 6) is 0.674. The Balaban J connectivity index is 1.82. The lowest BCUT2D eigenvalue weighted by Crippen LogP contribution is -2.13.